The zero-order valence-corrected chi connectivity index (χ0v) is 7.71. The molecule has 0 aliphatic carbocycles. The molecule has 0 atom stereocenters. The highest BCUT2D eigenvalue weighted by Gasteiger charge is 2.12. The van der Waals surface area contributed by atoms with Crippen molar-refractivity contribution in [2.24, 2.45) is 0 Å². The fraction of sp³-hybridized carbons (Fsp3) is 0.125. The summed E-state index contributed by atoms with van der Waals surface area (Å²) >= 11 is 10.7. The van der Waals surface area contributed by atoms with E-state index < -0.39 is 11.1 Å². The van der Waals surface area contributed by atoms with E-state index in [9.17, 15) is 9.18 Å². The topological polar surface area (TPSA) is 17.1 Å². The predicted molar refractivity (Wildman–Crippen MR) is 46.3 cm³/mol. The predicted octanol–water partition coefficient (Wildman–Crippen LogP) is 3.17. The van der Waals surface area contributed by atoms with Gasteiger partial charge in [0.05, 0.1) is 5.56 Å². The number of aryl methyl sites for hydroxylation is 1. The second kappa shape index (κ2) is 3.42. The summed E-state index contributed by atoms with van der Waals surface area (Å²) in [6.07, 6.45) is 0. The maximum Gasteiger partial charge on any atom is 0.255 e. The Hall–Kier alpha value is -0.600. The number of halogens is 3. The van der Waals surface area contributed by atoms with E-state index in [0.29, 0.717) is 10.6 Å². The Morgan fingerprint density at radius 2 is 2.08 bits per heavy atom. The van der Waals surface area contributed by atoms with E-state index >= 15 is 0 Å². The first-order valence-corrected chi connectivity index (χ1v) is 3.93. The first kappa shape index (κ1) is 9.49. The summed E-state index contributed by atoms with van der Waals surface area (Å²) < 4.78 is 13.1. The average Bonchev–Trinajstić information content (AvgIpc) is 1.96. The van der Waals surface area contributed by atoms with Crippen LogP contribution in [0.15, 0.2) is 12.1 Å². The summed E-state index contributed by atoms with van der Waals surface area (Å²) in [5, 5.41) is -0.531. The van der Waals surface area contributed by atoms with E-state index in [1.165, 1.54) is 19.1 Å². The van der Waals surface area contributed by atoms with Gasteiger partial charge in [0, 0.05) is 5.02 Å². The van der Waals surface area contributed by atoms with Crippen molar-refractivity contribution in [2.45, 2.75) is 6.92 Å². The second-order valence-electron chi connectivity index (χ2n) is 2.36. The van der Waals surface area contributed by atoms with Crippen molar-refractivity contribution in [3.8, 4) is 0 Å². The molecule has 0 heterocycles. The summed E-state index contributed by atoms with van der Waals surface area (Å²) in [5.41, 5.74) is 0.133. The SMILES string of the molecule is Cc1cc(Cl)cc(C(=O)Cl)c1F. The van der Waals surface area contributed by atoms with Crippen LogP contribution >= 0.6 is 23.2 Å². The van der Waals surface area contributed by atoms with Gasteiger partial charge >= 0.3 is 0 Å². The van der Waals surface area contributed by atoms with Gasteiger partial charge in [-0.25, -0.2) is 4.39 Å². The van der Waals surface area contributed by atoms with Gasteiger partial charge in [-0.1, -0.05) is 11.6 Å². The lowest BCUT2D eigenvalue weighted by atomic mass is 10.1. The van der Waals surface area contributed by atoms with Crippen LogP contribution in [0.5, 0.6) is 0 Å². The smallest absolute Gasteiger partial charge is 0.255 e. The molecule has 64 valence electrons. The van der Waals surface area contributed by atoms with Crippen molar-refractivity contribution < 1.29 is 9.18 Å². The molecular formula is C8H5Cl2FO. The van der Waals surface area contributed by atoms with Gasteiger partial charge in [0.1, 0.15) is 5.82 Å². The molecule has 1 nitrogen and oxygen atoms in total. The zero-order chi connectivity index (χ0) is 9.30. The van der Waals surface area contributed by atoms with Crippen LogP contribution in [0.4, 0.5) is 4.39 Å². The third-order valence-electron chi connectivity index (χ3n) is 1.43. The fourth-order valence-corrected chi connectivity index (χ4v) is 1.28. The lowest BCUT2D eigenvalue weighted by Gasteiger charge is -2.01. The molecule has 0 radical (unpaired) electrons. The molecule has 0 fully saturated rings. The quantitative estimate of drug-likeness (QED) is 0.646. The first-order chi connectivity index (χ1) is 5.52. The Morgan fingerprint density at radius 1 is 1.50 bits per heavy atom. The summed E-state index contributed by atoms with van der Waals surface area (Å²) in [4.78, 5) is 10.6. The van der Waals surface area contributed by atoms with Crippen LogP contribution in [-0.2, 0) is 0 Å². The number of carbonyl (C=O) groups is 1. The Bertz CT molecular complexity index is 336. The van der Waals surface area contributed by atoms with Crippen LogP contribution in [0.3, 0.4) is 0 Å². The van der Waals surface area contributed by atoms with Crippen LogP contribution < -0.4 is 0 Å². The molecule has 0 spiro atoms. The van der Waals surface area contributed by atoms with E-state index in [4.69, 9.17) is 23.2 Å². The minimum atomic E-state index is -0.835. The van der Waals surface area contributed by atoms with Crippen LogP contribution in [0.2, 0.25) is 5.02 Å². The molecule has 12 heavy (non-hydrogen) atoms. The monoisotopic (exact) mass is 206 g/mol. The molecule has 0 amide bonds. The van der Waals surface area contributed by atoms with Gasteiger partial charge in [-0.2, -0.15) is 0 Å². The van der Waals surface area contributed by atoms with Crippen LogP contribution in [-0.4, -0.2) is 5.24 Å². The molecule has 0 aromatic heterocycles. The molecule has 1 rings (SSSR count). The maximum atomic E-state index is 13.1. The third kappa shape index (κ3) is 1.76. The number of hydrogen-bond donors (Lipinski definition) is 0. The lowest BCUT2D eigenvalue weighted by molar-refractivity contribution is 0.107. The summed E-state index contributed by atoms with van der Waals surface area (Å²) in [5.74, 6) is -0.612. The van der Waals surface area contributed by atoms with Crippen LogP contribution in [0, 0.1) is 12.7 Å². The highest BCUT2D eigenvalue weighted by atomic mass is 35.5. The van der Waals surface area contributed by atoms with E-state index in [-0.39, 0.29) is 5.56 Å². The Balaban J connectivity index is 3.37. The van der Waals surface area contributed by atoms with Crippen molar-refractivity contribution in [1.82, 2.24) is 0 Å². The molecule has 0 bridgehead atoms. The molecule has 0 unspecified atom stereocenters. The Labute approximate surface area is 79.1 Å². The van der Waals surface area contributed by atoms with Gasteiger partial charge < -0.3 is 0 Å². The van der Waals surface area contributed by atoms with Crippen LogP contribution in [0.25, 0.3) is 0 Å². The Morgan fingerprint density at radius 3 is 2.58 bits per heavy atom. The molecule has 0 saturated carbocycles. The van der Waals surface area contributed by atoms with Crippen molar-refractivity contribution >= 4 is 28.4 Å². The van der Waals surface area contributed by atoms with E-state index in [2.05, 4.69) is 0 Å². The van der Waals surface area contributed by atoms with Gasteiger partial charge in [0.25, 0.3) is 5.24 Å². The van der Waals surface area contributed by atoms with Gasteiger partial charge in [0.2, 0.25) is 0 Å². The third-order valence-corrected chi connectivity index (χ3v) is 1.85. The van der Waals surface area contributed by atoms with Gasteiger partial charge in [-0.05, 0) is 36.2 Å². The summed E-state index contributed by atoms with van der Waals surface area (Å²) in [6.45, 7) is 1.52. The highest BCUT2D eigenvalue weighted by molar-refractivity contribution is 6.67. The molecule has 0 aliphatic rings. The zero-order valence-electron chi connectivity index (χ0n) is 6.20. The minimum Gasteiger partial charge on any atom is -0.275 e. The first-order valence-electron chi connectivity index (χ1n) is 3.18. The second-order valence-corrected chi connectivity index (χ2v) is 3.14. The van der Waals surface area contributed by atoms with Gasteiger partial charge in [-0.15, -0.1) is 0 Å². The highest BCUT2D eigenvalue weighted by Crippen LogP contribution is 2.20. The largest absolute Gasteiger partial charge is 0.275 e. The molecule has 1 aromatic rings. The standard InChI is InChI=1S/C8H5Cl2FO/c1-4-2-5(9)3-6(7(4)11)8(10)12/h2-3H,1H3. The fourth-order valence-electron chi connectivity index (χ4n) is 0.869. The van der Waals surface area contributed by atoms with E-state index in [1.54, 1.807) is 0 Å². The average molecular weight is 207 g/mol. The summed E-state index contributed by atoms with van der Waals surface area (Å²) in [6, 6.07) is 2.64. The molecule has 0 aliphatic heterocycles. The van der Waals surface area contributed by atoms with Gasteiger partial charge in [0.15, 0.2) is 0 Å². The number of rotatable bonds is 1. The minimum absolute atomic E-state index is 0.179. The molecule has 1 aromatic carbocycles. The van der Waals surface area contributed by atoms with Crippen molar-refractivity contribution in [3.63, 3.8) is 0 Å². The number of carbonyl (C=O) groups excluding carboxylic acids is 1. The lowest BCUT2D eigenvalue weighted by Crippen LogP contribution is -1.96. The molecule has 0 saturated heterocycles. The van der Waals surface area contributed by atoms with Crippen molar-refractivity contribution in [3.05, 3.63) is 34.1 Å². The van der Waals surface area contributed by atoms with Crippen molar-refractivity contribution in [2.75, 3.05) is 0 Å². The molecule has 0 N–H and O–H groups in total. The van der Waals surface area contributed by atoms with Crippen LogP contribution in [0.1, 0.15) is 15.9 Å². The number of benzene rings is 1. The van der Waals surface area contributed by atoms with E-state index in [0.717, 1.165) is 0 Å². The molecule has 4 heteroatoms. The van der Waals surface area contributed by atoms with E-state index in [1.807, 2.05) is 0 Å². The van der Waals surface area contributed by atoms with Crippen molar-refractivity contribution in [1.29, 1.82) is 0 Å². The molecular weight excluding hydrogens is 202 g/mol. The maximum absolute atomic E-state index is 13.1. The Kier molecular flexibility index (Phi) is 2.70. The summed E-state index contributed by atoms with van der Waals surface area (Å²) in [7, 11) is 0. The normalized spacial score (nSPS) is 10.0. The number of hydrogen-bond acceptors (Lipinski definition) is 1. The van der Waals surface area contributed by atoms with Gasteiger partial charge in [-0.3, -0.25) is 4.79 Å².